The topological polar surface area (TPSA) is 120 Å². The van der Waals surface area contributed by atoms with Gasteiger partial charge in [-0.3, -0.25) is 14.5 Å². The van der Waals surface area contributed by atoms with E-state index in [0.29, 0.717) is 12.3 Å². The van der Waals surface area contributed by atoms with Crippen molar-refractivity contribution in [3.63, 3.8) is 0 Å². The van der Waals surface area contributed by atoms with Gasteiger partial charge in [-0.1, -0.05) is 30.3 Å². The SMILES string of the molecule is CC(=O)NC[C@H]1CN(c2ccc(N3C[C@H](NC(=O)COCc4ccccc4)[C@@H](O)C3)c(F)c2)C(=O)O1. The fourth-order valence-corrected chi connectivity index (χ4v) is 4.23. The molecule has 10 nitrogen and oxygen atoms in total. The number of halogens is 1. The fraction of sp³-hybridized carbons (Fsp3) is 0.400. The Kier molecular flexibility index (Phi) is 8.01. The maximum atomic E-state index is 15.0. The molecule has 0 radical (unpaired) electrons. The summed E-state index contributed by atoms with van der Waals surface area (Å²) in [7, 11) is 0. The van der Waals surface area contributed by atoms with E-state index in [2.05, 4.69) is 10.6 Å². The first-order valence-electron chi connectivity index (χ1n) is 11.7. The predicted octanol–water partition coefficient (Wildman–Crippen LogP) is 1.17. The van der Waals surface area contributed by atoms with Crippen LogP contribution < -0.4 is 20.4 Å². The van der Waals surface area contributed by atoms with Gasteiger partial charge in [0.25, 0.3) is 0 Å². The van der Waals surface area contributed by atoms with Crippen LogP contribution in [0.4, 0.5) is 20.6 Å². The molecule has 0 unspecified atom stereocenters. The lowest BCUT2D eigenvalue weighted by Crippen LogP contribution is -2.44. The highest BCUT2D eigenvalue weighted by Crippen LogP contribution is 2.30. The lowest BCUT2D eigenvalue weighted by Gasteiger charge is -2.21. The summed E-state index contributed by atoms with van der Waals surface area (Å²) in [4.78, 5) is 38.5. The average Bonchev–Trinajstić information content (AvgIpc) is 3.40. The summed E-state index contributed by atoms with van der Waals surface area (Å²) >= 11 is 0. The first-order chi connectivity index (χ1) is 17.3. The van der Waals surface area contributed by atoms with Crippen LogP contribution in [0.15, 0.2) is 48.5 Å². The quantitative estimate of drug-likeness (QED) is 0.473. The van der Waals surface area contributed by atoms with Crippen LogP contribution in [0.1, 0.15) is 12.5 Å². The second kappa shape index (κ2) is 11.4. The number of benzene rings is 2. The number of aliphatic hydroxyl groups is 1. The zero-order valence-corrected chi connectivity index (χ0v) is 19.9. The molecule has 3 N–H and O–H groups in total. The Morgan fingerprint density at radius 1 is 1.17 bits per heavy atom. The van der Waals surface area contributed by atoms with Gasteiger partial charge in [-0.25, -0.2) is 9.18 Å². The van der Waals surface area contributed by atoms with E-state index in [1.165, 1.54) is 24.0 Å². The third-order valence-electron chi connectivity index (χ3n) is 6.02. The molecule has 36 heavy (non-hydrogen) atoms. The van der Waals surface area contributed by atoms with Crippen molar-refractivity contribution in [2.75, 3.05) is 42.6 Å². The summed E-state index contributed by atoms with van der Waals surface area (Å²) in [5.74, 6) is -1.17. The molecule has 3 atom stereocenters. The Labute approximate surface area is 208 Å². The van der Waals surface area contributed by atoms with Crippen molar-refractivity contribution in [1.29, 1.82) is 0 Å². The summed E-state index contributed by atoms with van der Waals surface area (Å²) in [6, 6.07) is 13.2. The van der Waals surface area contributed by atoms with Gasteiger partial charge in [0.2, 0.25) is 11.8 Å². The Balaban J connectivity index is 1.30. The van der Waals surface area contributed by atoms with Crippen molar-refractivity contribution < 1.29 is 33.4 Å². The van der Waals surface area contributed by atoms with Crippen molar-refractivity contribution >= 4 is 29.3 Å². The highest BCUT2D eigenvalue weighted by atomic mass is 19.1. The number of nitrogens with one attached hydrogen (secondary N) is 2. The molecule has 3 amide bonds. The van der Waals surface area contributed by atoms with E-state index < -0.39 is 30.2 Å². The highest BCUT2D eigenvalue weighted by Gasteiger charge is 2.35. The van der Waals surface area contributed by atoms with E-state index in [1.807, 2.05) is 30.3 Å². The third kappa shape index (κ3) is 6.29. The van der Waals surface area contributed by atoms with E-state index in [1.54, 1.807) is 11.0 Å². The number of β-amino-alcohol motifs (C(OH)–C–C–N with tert-alkyl or cyclic N) is 1. The van der Waals surface area contributed by atoms with Gasteiger partial charge >= 0.3 is 6.09 Å². The molecule has 2 aromatic rings. The highest BCUT2D eigenvalue weighted by molar-refractivity contribution is 5.90. The summed E-state index contributed by atoms with van der Waals surface area (Å²) in [6.07, 6.45) is -2.03. The summed E-state index contributed by atoms with van der Waals surface area (Å²) < 4.78 is 25.7. The largest absolute Gasteiger partial charge is 0.442 e. The molecule has 0 spiro atoms. The lowest BCUT2D eigenvalue weighted by molar-refractivity contribution is -0.127. The molecule has 2 heterocycles. The number of amides is 3. The van der Waals surface area contributed by atoms with E-state index >= 15 is 4.39 Å². The molecule has 2 fully saturated rings. The summed E-state index contributed by atoms with van der Waals surface area (Å²) in [5, 5.41) is 15.8. The minimum atomic E-state index is -0.884. The second-order valence-corrected chi connectivity index (χ2v) is 8.81. The molecule has 4 rings (SSSR count). The number of carbonyl (C=O) groups excluding carboxylic acids is 3. The normalized spacial score (nSPS) is 21.4. The van der Waals surface area contributed by atoms with Crippen LogP contribution in [0.5, 0.6) is 0 Å². The van der Waals surface area contributed by atoms with Gasteiger partial charge in [0.1, 0.15) is 18.5 Å². The van der Waals surface area contributed by atoms with Crippen LogP contribution in [0.25, 0.3) is 0 Å². The molecule has 2 aliphatic rings. The molecule has 0 bridgehead atoms. The van der Waals surface area contributed by atoms with Crippen molar-refractivity contribution in [2.24, 2.45) is 0 Å². The zero-order valence-electron chi connectivity index (χ0n) is 19.9. The van der Waals surface area contributed by atoms with Gasteiger partial charge in [-0.2, -0.15) is 0 Å². The van der Waals surface area contributed by atoms with Gasteiger partial charge < -0.3 is 30.1 Å². The number of aliphatic hydroxyl groups excluding tert-OH is 1. The van der Waals surface area contributed by atoms with E-state index in [9.17, 15) is 19.5 Å². The molecular weight excluding hydrogens is 471 g/mol. The number of ether oxygens (including phenoxy) is 2. The maximum absolute atomic E-state index is 15.0. The summed E-state index contributed by atoms with van der Waals surface area (Å²) in [6.45, 7) is 2.21. The molecule has 192 valence electrons. The average molecular weight is 501 g/mol. The molecule has 0 aromatic heterocycles. The number of hydrogen-bond acceptors (Lipinski definition) is 7. The van der Waals surface area contributed by atoms with Crippen LogP contribution in [-0.2, 0) is 25.7 Å². The van der Waals surface area contributed by atoms with E-state index in [0.717, 1.165) is 5.56 Å². The monoisotopic (exact) mass is 500 g/mol. The minimum Gasteiger partial charge on any atom is -0.442 e. The number of rotatable bonds is 9. The first kappa shape index (κ1) is 25.4. The molecule has 11 heteroatoms. The maximum Gasteiger partial charge on any atom is 0.414 e. The van der Waals surface area contributed by atoms with Crippen molar-refractivity contribution in [3.8, 4) is 0 Å². The first-order valence-corrected chi connectivity index (χ1v) is 11.7. The van der Waals surface area contributed by atoms with E-state index in [4.69, 9.17) is 9.47 Å². The van der Waals surface area contributed by atoms with E-state index in [-0.39, 0.29) is 50.3 Å². The Bertz CT molecular complexity index is 1100. The molecule has 0 aliphatic carbocycles. The number of hydrogen-bond donors (Lipinski definition) is 3. The van der Waals surface area contributed by atoms with Crippen molar-refractivity contribution in [1.82, 2.24) is 10.6 Å². The van der Waals surface area contributed by atoms with Crippen molar-refractivity contribution in [2.45, 2.75) is 31.8 Å². The van der Waals surface area contributed by atoms with Crippen LogP contribution in [0.2, 0.25) is 0 Å². The predicted molar refractivity (Wildman–Crippen MR) is 129 cm³/mol. The molecule has 2 aromatic carbocycles. The lowest BCUT2D eigenvalue weighted by atomic mass is 10.2. The van der Waals surface area contributed by atoms with Gasteiger partial charge in [-0.15, -0.1) is 0 Å². The van der Waals surface area contributed by atoms with Gasteiger partial charge in [0.15, 0.2) is 0 Å². The van der Waals surface area contributed by atoms with Crippen LogP contribution in [-0.4, -0.2) is 74.0 Å². The minimum absolute atomic E-state index is 0.136. The Morgan fingerprint density at radius 2 is 1.94 bits per heavy atom. The number of cyclic esters (lactones) is 1. The Morgan fingerprint density at radius 3 is 2.67 bits per heavy atom. The molecular formula is C25H29FN4O6. The van der Waals surface area contributed by atoms with Crippen LogP contribution in [0.3, 0.4) is 0 Å². The zero-order chi connectivity index (χ0) is 25.7. The molecule has 0 saturated carbocycles. The van der Waals surface area contributed by atoms with Gasteiger partial charge in [0, 0.05) is 20.0 Å². The van der Waals surface area contributed by atoms with Gasteiger partial charge in [0.05, 0.1) is 43.2 Å². The molecule has 2 aliphatic heterocycles. The number of anilines is 2. The standard InChI is InChI=1S/C25H29FN4O6/c1-16(31)27-10-19-11-30(25(34)36-19)18-7-8-22(20(26)9-18)29-12-21(23(32)13-29)28-24(33)15-35-14-17-5-3-2-4-6-17/h2-9,19,21,23,32H,10-15H2,1H3,(H,27,31)(H,28,33)/t19-,21-,23-/m0/s1. The fourth-order valence-electron chi connectivity index (χ4n) is 4.23. The van der Waals surface area contributed by atoms with Crippen LogP contribution >= 0.6 is 0 Å². The number of nitrogens with zero attached hydrogens (tertiary/aromatic N) is 2. The number of carbonyl (C=O) groups is 3. The van der Waals surface area contributed by atoms with Gasteiger partial charge in [-0.05, 0) is 23.8 Å². The van der Waals surface area contributed by atoms with Crippen molar-refractivity contribution in [3.05, 3.63) is 59.9 Å². The second-order valence-electron chi connectivity index (χ2n) is 8.81. The summed E-state index contributed by atoms with van der Waals surface area (Å²) in [5.41, 5.74) is 1.52. The third-order valence-corrected chi connectivity index (χ3v) is 6.02. The van der Waals surface area contributed by atoms with Crippen LogP contribution in [0, 0.1) is 5.82 Å². The smallest absolute Gasteiger partial charge is 0.414 e. The molecule has 2 saturated heterocycles. The Hall–Kier alpha value is -3.70.